The van der Waals surface area contributed by atoms with E-state index in [4.69, 9.17) is 4.74 Å². The molecule has 0 aromatic carbocycles. The number of nitrogens with one attached hydrogen (secondary N) is 2. The Morgan fingerprint density at radius 2 is 1.67 bits per heavy atom. The summed E-state index contributed by atoms with van der Waals surface area (Å²) in [5.74, 6) is 0.497. The lowest BCUT2D eigenvalue weighted by molar-refractivity contribution is 0.0372. The molecule has 21 heavy (non-hydrogen) atoms. The van der Waals surface area contributed by atoms with Crippen LogP contribution >= 0.6 is 0 Å². The van der Waals surface area contributed by atoms with Crippen molar-refractivity contribution in [2.75, 3.05) is 6.54 Å². The van der Waals surface area contributed by atoms with Gasteiger partial charge in [0.25, 0.3) is 0 Å². The van der Waals surface area contributed by atoms with Crippen molar-refractivity contribution in [2.24, 2.45) is 5.92 Å². The van der Waals surface area contributed by atoms with Gasteiger partial charge >= 0.3 is 6.09 Å². The predicted molar refractivity (Wildman–Crippen MR) is 86.4 cm³/mol. The number of hydrogen-bond acceptors (Lipinski definition) is 4. The van der Waals surface area contributed by atoms with E-state index in [1.807, 2.05) is 27.7 Å². The lowest BCUT2D eigenvalue weighted by Crippen LogP contribution is -2.52. The maximum absolute atomic E-state index is 11.7. The summed E-state index contributed by atoms with van der Waals surface area (Å²) in [7, 11) is 0. The van der Waals surface area contributed by atoms with E-state index >= 15 is 0 Å². The van der Waals surface area contributed by atoms with Crippen molar-refractivity contribution in [1.29, 1.82) is 0 Å². The predicted octanol–water partition coefficient (Wildman–Crippen LogP) is 2.67. The fraction of sp³-hybridized carbons (Fsp3) is 0.938. The lowest BCUT2D eigenvalue weighted by Gasteiger charge is -2.32. The average molecular weight is 302 g/mol. The summed E-state index contributed by atoms with van der Waals surface area (Å²) in [6.07, 6.45) is 0.505. The van der Waals surface area contributed by atoms with E-state index in [9.17, 15) is 9.90 Å². The second kappa shape index (κ2) is 7.99. The minimum atomic E-state index is -0.804. The molecule has 0 rings (SSSR count). The highest BCUT2D eigenvalue weighted by molar-refractivity contribution is 5.67. The normalized spacial score (nSPS) is 15.7. The van der Waals surface area contributed by atoms with Crippen molar-refractivity contribution in [1.82, 2.24) is 10.6 Å². The molecule has 0 fully saturated rings. The SMILES string of the molecule is CC(C)CC(CNC(=O)OC(C)(C)C)NC(C)C(C)(C)O. The minimum Gasteiger partial charge on any atom is -0.444 e. The van der Waals surface area contributed by atoms with Gasteiger partial charge in [-0.25, -0.2) is 4.79 Å². The van der Waals surface area contributed by atoms with E-state index in [0.717, 1.165) is 6.42 Å². The first-order chi connectivity index (χ1) is 9.31. The molecular formula is C16H34N2O3. The number of aliphatic hydroxyl groups is 1. The monoisotopic (exact) mass is 302 g/mol. The zero-order valence-corrected chi connectivity index (χ0v) is 14.9. The Morgan fingerprint density at radius 1 is 1.14 bits per heavy atom. The number of hydrogen-bond donors (Lipinski definition) is 3. The molecule has 2 atom stereocenters. The van der Waals surface area contributed by atoms with Gasteiger partial charge in [0.2, 0.25) is 0 Å². The van der Waals surface area contributed by atoms with Crippen LogP contribution in [0.15, 0.2) is 0 Å². The van der Waals surface area contributed by atoms with Gasteiger partial charge in [-0.1, -0.05) is 13.8 Å². The Hall–Kier alpha value is -0.810. The quantitative estimate of drug-likeness (QED) is 0.676. The van der Waals surface area contributed by atoms with Gasteiger partial charge in [-0.05, 0) is 53.9 Å². The highest BCUT2D eigenvalue weighted by Gasteiger charge is 2.25. The molecule has 0 radical (unpaired) electrons. The maximum atomic E-state index is 11.7. The molecule has 0 aliphatic rings. The second-order valence-corrected chi connectivity index (χ2v) is 7.75. The maximum Gasteiger partial charge on any atom is 0.407 e. The smallest absolute Gasteiger partial charge is 0.407 e. The van der Waals surface area contributed by atoms with Crippen molar-refractivity contribution in [3.63, 3.8) is 0 Å². The molecule has 5 nitrogen and oxygen atoms in total. The van der Waals surface area contributed by atoms with Crippen LogP contribution in [0.25, 0.3) is 0 Å². The van der Waals surface area contributed by atoms with Gasteiger partial charge in [0.05, 0.1) is 5.60 Å². The van der Waals surface area contributed by atoms with Crippen molar-refractivity contribution >= 4 is 6.09 Å². The summed E-state index contributed by atoms with van der Waals surface area (Å²) in [5.41, 5.74) is -1.30. The fourth-order valence-electron chi connectivity index (χ4n) is 1.86. The number of carbonyl (C=O) groups excluding carboxylic acids is 1. The molecule has 2 unspecified atom stereocenters. The molecule has 1 amide bonds. The second-order valence-electron chi connectivity index (χ2n) is 7.75. The molecule has 0 heterocycles. The molecule has 3 N–H and O–H groups in total. The molecule has 0 saturated heterocycles. The van der Waals surface area contributed by atoms with E-state index < -0.39 is 17.3 Å². The minimum absolute atomic E-state index is 0.0679. The first-order valence-electron chi connectivity index (χ1n) is 7.76. The molecule has 5 heteroatoms. The average Bonchev–Trinajstić information content (AvgIpc) is 2.21. The van der Waals surface area contributed by atoms with Crippen LogP contribution in [0.1, 0.15) is 61.8 Å². The van der Waals surface area contributed by atoms with Crippen LogP contribution in [0, 0.1) is 5.92 Å². The summed E-state index contributed by atoms with van der Waals surface area (Å²) in [6.45, 7) is 15.8. The van der Waals surface area contributed by atoms with Crippen molar-refractivity contribution in [3.8, 4) is 0 Å². The van der Waals surface area contributed by atoms with E-state index in [2.05, 4.69) is 24.5 Å². The molecule has 0 aromatic rings. The lowest BCUT2D eigenvalue weighted by atomic mass is 9.97. The van der Waals surface area contributed by atoms with Crippen molar-refractivity contribution in [2.45, 2.75) is 85.1 Å². The van der Waals surface area contributed by atoms with Gasteiger partial charge in [0.1, 0.15) is 5.60 Å². The number of alkyl carbamates (subject to hydrolysis) is 1. The standard InChI is InChI=1S/C16H34N2O3/c1-11(2)9-13(18-12(3)16(7,8)20)10-17-14(19)21-15(4,5)6/h11-13,18,20H,9-10H2,1-8H3,(H,17,19). The summed E-state index contributed by atoms with van der Waals surface area (Å²) < 4.78 is 5.24. The van der Waals surface area contributed by atoms with Crippen LogP contribution in [0.2, 0.25) is 0 Å². The Bertz CT molecular complexity index is 316. The number of carbonyl (C=O) groups is 1. The molecule has 0 saturated carbocycles. The first-order valence-corrected chi connectivity index (χ1v) is 7.76. The van der Waals surface area contributed by atoms with Gasteiger partial charge in [0, 0.05) is 18.6 Å². The molecule has 0 aliphatic heterocycles. The van der Waals surface area contributed by atoms with Crippen LogP contribution in [-0.4, -0.2) is 41.0 Å². The van der Waals surface area contributed by atoms with E-state index in [1.54, 1.807) is 13.8 Å². The van der Waals surface area contributed by atoms with Crippen LogP contribution in [0.4, 0.5) is 4.79 Å². The Balaban J connectivity index is 4.47. The summed E-state index contributed by atoms with van der Waals surface area (Å²) in [5, 5.41) is 16.2. The van der Waals surface area contributed by atoms with Crippen LogP contribution in [0.3, 0.4) is 0 Å². The highest BCUT2D eigenvalue weighted by Crippen LogP contribution is 2.12. The Kier molecular flexibility index (Phi) is 7.68. The van der Waals surface area contributed by atoms with Gasteiger partial charge in [0.15, 0.2) is 0 Å². The van der Waals surface area contributed by atoms with Crippen LogP contribution in [0.5, 0.6) is 0 Å². The number of rotatable bonds is 7. The summed E-state index contributed by atoms with van der Waals surface area (Å²) in [6, 6.07) is 0.0284. The Labute approximate surface area is 129 Å². The zero-order valence-electron chi connectivity index (χ0n) is 14.9. The first kappa shape index (κ1) is 20.2. The number of ether oxygens (including phenoxy) is 1. The van der Waals surface area contributed by atoms with Gasteiger partial charge in [-0.2, -0.15) is 0 Å². The zero-order chi connectivity index (χ0) is 16.8. The largest absolute Gasteiger partial charge is 0.444 e. The highest BCUT2D eigenvalue weighted by atomic mass is 16.6. The molecule has 0 aromatic heterocycles. The van der Waals surface area contributed by atoms with Crippen LogP contribution in [-0.2, 0) is 4.74 Å². The van der Waals surface area contributed by atoms with E-state index in [-0.39, 0.29) is 12.1 Å². The van der Waals surface area contributed by atoms with E-state index in [0.29, 0.717) is 12.5 Å². The Morgan fingerprint density at radius 3 is 2.05 bits per heavy atom. The third-order valence-corrected chi connectivity index (χ3v) is 3.19. The van der Waals surface area contributed by atoms with Gasteiger partial charge < -0.3 is 20.5 Å². The van der Waals surface area contributed by atoms with Crippen molar-refractivity contribution < 1.29 is 14.6 Å². The van der Waals surface area contributed by atoms with Crippen LogP contribution < -0.4 is 10.6 Å². The van der Waals surface area contributed by atoms with E-state index in [1.165, 1.54) is 0 Å². The van der Waals surface area contributed by atoms with Crippen molar-refractivity contribution in [3.05, 3.63) is 0 Å². The number of amides is 1. The molecule has 126 valence electrons. The van der Waals surface area contributed by atoms with Gasteiger partial charge in [-0.15, -0.1) is 0 Å². The summed E-state index contributed by atoms with van der Waals surface area (Å²) >= 11 is 0. The third-order valence-electron chi connectivity index (χ3n) is 3.19. The molecular weight excluding hydrogens is 268 g/mol. The summed E-state index contributed by atoms with van der Waals surface area (Å²) in [4.78, 5) is 11.7. The molecule has 0 spiro atoms. The third kappa shape index (κ3) is 10.5. The molecule has 0 aliphatic carbocycles. The molecule has 0 bridgehead atoms. The fourth-order valence-corrected chi connectivity index (χ4v) is 1.86. The van der Waals surface area contributed by atoms with Gasteiger partial charge in [-0.3, -0.25) is 0 Å². The topological polar surface area (TPSA) is 70.6 Å².